The van der Waals surface area contributed by atoms with E-state index in [1.807, 2.05) is 23.9 Å². The Labute approximate surface area is 117 Å². The number of benzene rings is 1. The van der Waals surface area contributed by atoms with Crippen LogP contribution in [0.2, 0.25) is 0 Å². The van der Waals surface area contributed by atoms with Gasteiger partial charge in [0.05, 0.1) is 6.61 Å². The van der Waals surface area contributed by atoms with Crippen molar-refractivity contribution >= 4 is 33.4 Å². The topological polar surface area (TPSA) is 21.3 Å². The van der Waals surface area contributed by atoms with Crippen molar-refractivity contribution in [2.45, 2.75) is 19.4 Å². The number of hydrogen-bond acceptors (Lipinski definition) is 3. The molecule has 0 saturated heterocycles. The van der Waals surface area contributed by atoms with Crippen molar-refractivity contribution in [3.05, 3.63) is 28.2 Å². The second-order valence-electron chi connectivity index (χ2n) is 3.83. The van der Waals surface area contributed by atoms with Crippen LogP contribution in [0.25, 0.3) is 0 Å². The zero-order valence-corrected chi connectivity index (χ0v) is 12.9. The van der Waals surface area contributed by atoms with Crippen LogP contribution in [0.5, 0.6) is 0 Å². The summed E-state index contributed by atoms with van der Waals surface area (Å²) in [6.45, 7) is 1.66. The van der Waals surface area contributed by atoms with Crippen LogP contribution in [-0.4, -0.2) is 25.7 Å². The summed E-state index contributed by atoms with van der Waals surface area (Å²) in [7, 11) is 1.72. The maximum absolute atomic E-state index is 5.22. The summed E-state index contributed by atoms with van der Waals surface area (Å²) in [5.41, 5.74) is 2.37. The summed E-state index contributed by atoms with van der Waals surface area (Å²) in [5.74, 6) is 1.24. The van der Waals surface area contributed by atoms with Crippen LogP contribution in [-0.2, 0) is 11.3 Å². The van der Waals surface area contributed by atoms with E-state index in [4.69, 9.17) is 4.74 Å². The number of ether oxygens (including phenoxy) is 1. The van der Waals surface area contributed by atoms with Crippen molar-refractivity contribution in [2.75, 3.05) is 31.0 Å². The number of thioether (sulfide) groups is 1. The lowest BCUT2D eigenvalue weighted by Crippen LogP contribution is -2.05. The molecule has 2 nitrogen and oxygen atoms in total. The number of methoxy groups -OCH3 is 1. The largest absolute Gasteiger partial charge is 0.385 e. The highest BCUT2D eigenvalue weighted by Crippen LogP contribution is 2.25. The maximum atomic E-state index is 5.22. The number of nitrogens with one attached hydrogen (secondary N) is 1. The fourth-order valence-corrected chi connectivity index (χ4v) is 2.58. The predicted octanol–water partition coefficient (Wildman–Crippen LogP) is 4.15. The van der Waals surface area contributed by atoms with Crippen LogP contribution in [0.1, 0.15) is 18.4 Å². The molecule has 0 unspecified atom stereocenters. The molecule has 4 heteroatoms. The molecule has 0 aliphatic carbocycles. The van der Waals surface area contributed by atoms with Gasteiger partial charge in [0.2, 0.25) is 0 Å². The third-order valence-electron chi connectivity index (χ3n) is 2.50. The van der Waals surface area contributed by atoms with Gasteiger partial charge in [-0.25, -0.2) is 0 Å². The van der Waals surface area contributed by atoms with Gasteiger partial charge in [0.15, 0.2) is 0 Å². The Morgan fingerprint density at radius 2 is 2.18 bits per heavy atom. The van der Waals surface area contributed by atoms with E-state index in [0.29, 0.717) is 6.61 Å². The lowest BCUT2D eigenvalue weighted by Gasteiger charge is -2.13. The number of halogens is 1. The first kappa shape index (κ1) is 14.9. The Morgan fingerprint density at radius 1 is 1.35 bits per heavy atom. The Balaban J connectivity index is 2.48. The van der Waals surface area contributed by atoms with Gasteiger partial charge in [0, 0.05) is 29.4 Å². The molecule has 0 aliphatic rings. The van der Waals surface area contributed by atoms with Crippen molar-refractivity contribution in [1.29, 1.82) is 0 Å². The molecule has 0 bridgehead atoms. The van der Waals surface area contributed by atoms with Gasteiger partial charge in [0.1, 0.15) is 0 Å². The first-order chi connectivity index (χ1) is 8.29. The van der Waals surface area contributed by atoms with Gasteiger partial charge < -0.3 is 10.1 Å². The van der Waals surface area contributed by atoms with Crippen molar-refractivity contribution in [3.8, 4) is 0 Å². The second kappa shape index (κ2) is 8.84. The Bertz CT molecular complexity index is 333. The fraction of sp³-hybridized carbons (Fsp3) is 0.538. The molecule has 0 aromatic heterocycles. The standard InChI is InChI=1S/C13H20BrNOS/c1-16-10-11-12(14)6-5-7-13(11)15-8-3-4-9-17-2/h5-7,15H,3-4,8-10H2,1-2H3. The van der Waals surface area contributed by atoms with E-state index in [0.717, 1.165) is 11.0 Å². The first-order valence-electron chi connectivity index (χ1n) is 5.78. The average Bonchev–Trinajstić information content (AvgIpc) is 2.33. The van der Waals surface area contributed by atoms with E-state index < -0.39 is 0 Å². The summed E-state index contributed by atoms with van der Waals surface area (Å²) < 4.78 is 6.33. The van der Waals surface area contributed by atoms with Gasteiger partial charge in [-0.2, -0.15) is 11.8 Å². The van der Waals surface area contributed by atoms with E-state index in [1.165, 1.54) is 29.8 Å². The molecule has 1 aromatic rings. The monoisotopic (exact) mass is 317 g/mol. The van der Waals surface area contributed by atoms with Gasteiger partial charge >= 0.3 is 0 Å². The Kier molecular flexibility index (Phi) is 7.73. The molecule has 0 aliphatic heterocycles. The van der Waals surface area contributed by atoms with Crippen LogP contribution in [0.3, 0.4) is 0 Å². The predicted molar refractivity (Wildman–Crippen MR) is 81.0 cm³/mol. The Morgan fingerprint density at radius 3 is 2.88 bits per heavy atom. The zero-order chi connectivity index (χ0) is 12.5. The van der Waals surface area contributed by atoms with Crippen molar-refractivity contribution in [3.63, 3.8) is 0 Å². The van der Waals surface area contributed by atoms with Crippen molar-refractivity contribution < 1.29 is 4.74 Å². The lowest BCUT2D eigenvalue weighted by atomic mass is 10.2. The molecule has 96 valence electrons. The number of unbranched alkanes of at least 4 members (excludes halogenated alkanes) is 1. The normalized spacial score (nSPS) is 10.5. The summed E-state index contributed by atoms with van der Waals surface area (Å²) in [4.78, 5) is 0. The van der Waals surface area contributed by atoms with Crippen molar-refractivity contribution in [1.82, 2.24) is 0 Å². The van der Waals surface area contributed by atoms with Crippen LogP contribution < -0.4 is 5.32 Å². The van der Waals surface area contributed by atoms with Gasteiger partial charge in [0.25, 0.3) is 0 Å². The molecule has 0 saturated carbocycles. The van der Waals surface area contributed by atoms with Gasteiger partial charge in [-0.3, -0.25) is 0 Å². The molecule has 0 amide bonds. The van der Waals surface area contributed by atoms with Crippen LogP contribution in [0.15, 0.2) is 22.7 Å². The first-order valence-corrected chi connectivity index (χ1v) is 7.97. The smallest absolute Gasteiger partial charge is 0.0744 e. The van der Waals surface area contributed by atoms with E-state index in [1.54, 1.807) is 7.11 Å². The summed E-state index contributed by atoms with van der Waals surface area (Å²) >= 11 is 5.46. The Hall–Kier alpha value is -0.190. The van der Waals surface area contributed by atoms with E-state index >= 15 is 0 Å². The van der Waals surface area contributed by atoms with Crippen LogP contribution >= 0.6 is 27.7 Å². The molecule has 1 N–H and O–H groups in total. The molecule has 0 heterocycles. The fourth-order valence-electron chi connectivity index (χ4n) is 1.61. The second-order valence-corrected chi connectivity index (χ2v) is 5.67. The summed E-state index contributed by atoms with van der Waals surface area (Å²) in [6.07, 6.45) is 4.62. The molecule has 0 radical (unpaired) electrons. The third-order valence-corrected chi connectivity index (χ3v) is 3.94. The highest BCUT2D eigenvalue weighted by atomic mass is 79.9. The van der Waals surface area contributed by atoms with E-state index in [2.05, 4.69) is 33.6 Å². The van der Waals surface area contributed by atoms with E-state index in [-0.39, 0.29) is 0 Å². The molecule has 1 rings (SSSR count). The summed E-state index contributed by atoms with van der Waals surface area (Å²) in [6, 6.07) is 6.20. The third kappa shape index (κ3) is 5.32. The zero-order valence-electron chi connectivity index (χ0n) is 10.5. The molecular formula is C13H20BrNOS. The minimum atomic E-state index is 0.634. The molecule has 0 atom stereocenters. The minimum absolute atomic E-state index is 0.634. The molecule has 17 heavy (non-hydrogen) atoms. The maximum Gasteiger partial charge on any atom is 0.0744 e. The summed E-state index contributed by atoms with van der Waals surface area (Å²) in [5, 5.41) is 3.48. The number of anilines is 1. The van der Waals surface area contributed by atoms with Crippen LogP contribution in [0.4, 0.5) is 5.69 Å². The quantitative estimate of drug-likeness (QED) is 0.728. The minimum Gasteiger partial charge on any atom is -0.385 e. The van der Waals surface area contributed by atoms with Gasteiger partial charge in [-0.1, -0.05) is 22.0 Å². The highest BCUT2D eigenvalue weighted by molar-refractivity contribution is 9.10. The van der Waals surface area contributed by atoms with Gasteiger partial charge in [-0.15, -0.1) is 0 Å². The SMILES string of the molecule is COCc1c(Br)cccc1NCCCCSC. The average molecular weight is 318 g/mol. The molecular weight excluding hydrogens is 298 g/mol. The van der Waals surface area contributed by atoms with Gasteiger partial charge in [-0.05, 0) is 37.0 Å². The number of hydrogen-bond donors (Lipinski definition) is 1. The molecule has 0 fully saturated rings. The molecule has 0 spiro atoms. The van der Waals surface area contributed by atoms with Crippen molar-refractivity contribution in [2.24, 2.45) is 0 Å². The number of rotatable bonds is 8. The van der Waals surface area contributed by atoms with E-state index in [9.17, 15) is 0 Å². The highest BCUT2D eigenvalue weighted by Gasteiger charge is 2.05. The lowest BCUT2D eigenvalue weighted by molar-refractivity contribution is 0.185. The molecule has 1 aromatic carbocycles. The van der Waals surface area contributed by atoms with Crippen LogP contribution in [0, 0.1) is 0 Å².